The molecule has 2 fully saturated rings. The van der Waals surface area contributed by atoms with Gasteiger partial charge in [-0.15, -0.1) is 0 Å². The van der Waals surface area contributed by atoms with Gasteiger partial charge in [0.2, 0.25) is 11.9 Å². The average molecular weight is 752 g/mol. The van der Waals surface area contributed by atoms with Gasteiger partial charge in [0.25, 0.3) is 0 Å². The van der Waals surface area contributed by atoms with Crippen molar-refractivity contribution in [1.82, 2.24) is 30.1 Å². The van der Waals surface area contributed by atoms with Gasteiger partial charge in [-0.3, -0.25) is 9.89 Å². The summed E-state index contributed by atoms with van der Waals surface area (Å²) in [7, 11) is 0. The Labute approximate surface area is 300 Å². The number of esters is 1. The highest BCUT2D eigenvalue weighted by molar-refractivity contribution is 6.32. The minimum absolute atomic E-state index is 0.114. The number of anilines is 3. The number of rotatable bonds is 10. The first-order valence-electron chi connectivity index (χ1n) is 16.8. The zero-order chi connectivity index (χ0) is 37.2. The SMILES string of the molecule is CCOC(=O)C1CCN(c2ncc(Cl)c(N3CC(N(Cc4cc(C(F)(F)F)cc(C(F)(F)F)c4)c4ncc(-c5cn[nH]c5)cn4)CC3CC)n2)CC1. The van der Waals surface area contributed by atoms with Crippen LogP contribution in [0.3, 0.4) is 0 Å². The van der Waals surface area contributed by atoms with E-state index in [1.807, 2.05) is 16.7 Å². The second kappa shape index (κ2) is 15.1. The minimum Gasteiger partial charge on any atom is -0.466 e. The van der Waals surface area contributed by atoms with Crippen molar-refractivity contribution in [1.29, 1.82) is 0 Å². The Morgan fingerprint density at radius 3 is 2.21 bits per heavy atom. The molecule has 1 aromatic carbocycles. The lowest BCUT2D eigenvalue weighted by atomic mass is 9.97. The summed E-state index contributed by atoms with van der Waals surface area (Å²) in [6, 6.07) is 0.945. The topological polar surface area (TPSA) is 116 Å². The molecule has 0 amide bonds. The Hall–Kier alpha value is -4.67. The van der Waals surface area contributed by atoms with Crippen molar-refractivity contribution in [3.63, 3.8) is 0 Å². The molecular formula is C34H36ClF6N9O2. The molecule has 4 aromatic rings. The fraction of sp³-hybridized carbons (Fsp3) is 0.471. The molecule has 1 N–H and O–H groups in total. The van der Waals surface area contributed by atoms with Gasteiger partial charge in [0.1, 0.15) is 5.02 Å². The maximum absolute atomic E-state index is 13.8. The van der Waals surface area contributed by atoms with Crippen LogP contribution in [0.25, 0.3) is 11.1 Å². The largest absolute Gasteiger partial charge is 0.466 e. The Morgan fingerprint density at radius 1 is 0.962 bits per heavy atom. The summed E-state index contributed by atoms with van der Waals surface area (Å²) < 4.78 is 88.2. The molecule has 3 aromatic heterocycles. The van der Waals surface area contributed by atoms with Gasteiger partial charge in [0, 0.05) is 61.9 Å². The van der Waals surface area contributed by atoms with Crippen LogP contribution >= 0.6 is 11.6 Å². The third kappa shape index (κ3) is 8.18. The molecule has 0 saturated carbocycles. The number of hydrogen-bond donors (Lipinski definition) is 1. The van der Waals surface area contributed by atoms with Crippen LogP contribution in [0.4, 0.5) is 44.1 Å². The quantitative estimate of drug-likeness (QED) is 0.132. The third-order valence-corrected chi connectivity index (χ3v) is 9.68. The molecule has 0 radical (unpaired) electrons. The molecule has 2 aliphatic heterocycles. The van der Waals surface area contributed by atoms with E-state index in [0.717, 1.165) is 12.1 Å². The molecule has 2 atom stereocenters. The van der Waals surface area contributed by atoms with E-state index in [4.69, 9.17) is 21.3 Å². The van der Waals surface area contributed by atoms with Gasteiger partial charge in [-0.2, -0.15) is 36.4 Å². The Kier molecular flexibility index (Phi) is 10.8. The van der Waals surface area contributed by atoms with Gasteiger partial charge in [0.05, 0.1) is 42.1 Å². The van der Waals surface area contributed by atoms with Crippen LogP contribution in [0.1, 0.15) is 56.2 Å². The molecule has 18 heteroatoms. The summed E-state index contributed by atoms with van der Waals surface area (Å²) in [5, 5.41) is 6.91. The third-order valence-electron chi connectivity index (χ3n) is 9.41. The summed E-state index contributed by atoms with van der Waals surface area (Å²) in [6.45, 7) is 5.03. The Morgan fingerprint density at radius 2 is 1.63 bits per heavy atom. The van der Waals surface area contributed by atoms with Crippen molar-refractivity contribution >= 4 is 35.3 Å². The van der Waals surface area contributed by atoms with Gasteiger partial charge in [-0.25, -0.2) is 15.0 Å². The van der Waals surface area contributed by atoms with Gasteiger partial charge in [-0.05, 0) is 56.4 Å². The van der Waals surface area contributed by atoms with Crippen LogP contribution in [-0.2, 0) is 28.4 Å². The number of aromatic nitrogens is 6. The zero-order valence-corrected chi connectivity index (χ0v) is 29.0. The van der Waals surface area contributed by atoms with E-state index in [2.05, 4.69) is 25.1 Å². The lowest BCUT2D eigenvalue weighted by Crippen LogP contribution is -2.39. The van der Waals surface area contributed by atoms with Gasteiger partial charge < -0.3 is 19.4 Å². The van der Waals surface area contributed by atoms with Gasteiger partial charge in [0.15, 0.2) is 5.82 Å². The van der Waals surface area contributed by atoms with E-state index >= 15 is 0 Å². The number of alkyl halides is 6. The summed E-state index contributed by atoms with van der Waals surface area (Å²) in [4.78, 5) is 36.2. The standard InChI is InChI=1S/C34H36ClF6N9O2/c1-3-26-12-27(19-49(26)29-28(35)17-44-32(47-29)48-7-5-21(6-8-48)30(51)52-4-2)50(31-42-13-22(14-43-31)23-15-45-46-16-23)18-20-9-24(33(36,37)38)11-25(10-20)34(39,40)41/h9-11,13-17,21,26-27H,3-8,12,18-19H2,1-2H3,(H,45,46). The number of benzene rings is 1. The van der Waals surface area contributed by atoms with Crippen LogP contribution in [-0.4, -0.2) is 74.4 Å². The van der Waals surface area contributed by atoms with Crippen molar-refractivity contribution < 1.29 is 35.9 Å². The predicted octanol–water partition coefficient (Wildman–Crippen LogP) is 7.19. The fourth-order valence-electron chi connectivity index (χ4n) is 6.74. The first-order chi connectivity index (χ1) is 24.7. The maximum atomic E-state index is 13.8. The molecule has 0 aliphatic carbocycles. The Bertz CT molecular complexity index is 1800. The van der Waals surface area contributed by atoms with Crippen molar-refractivity contribution in [3.05, 3.63) is 70.9 Å². The normalized spacial score (nSPS) is 18.6. The van der Waals surface area contributed by atoms with Crippen LogP contribution in [0.2, 0.25) is 5.02 Å². The molecule has 2 aliphatic rings. The summed E-state index contributed by atoms with van der Waals surface area (Å²) >= 11 is 6.69. The number of carbonyl (C=O) groups is 1. The summed E-state index contributed by atoms with van der Waals surface area (Å²) in [6.07, 6.45) is -0.0110. The number of piperidine rings is 1. The number of H-pyrrole nitrogens is 1. The highest BCUT2D eigenvalue weighted by Gasteiger charge is 2.40. The monoisotopic (exact) mass is 751 g/mol. The van der Waals surface area contributed by atoms with E-state index < -0.39 is 29.5 Å². The molecule has 0 spiro atoms. The van der Waals surface area contributed by atoms with Crippen molar-refractivity contribution in [3.8, 4) is 11.1 Å². The highest BCUT2D eigenvalue weighted by Crippen LogP contribution is 2.39. The van der Waals surface area contributed by atoms with Crippen LogP contribution in [0.5, 0.6) is 0 Å². The van der Waals surface area contributed by atoms with E-state index in [1.54, 1.807) is 24.2 Å². The molecule has 11 nitrogen and oxygen atoms in total. The van der Waals surface area contributed by atoms with Gasteiger partial charge >= 0.3 is 18.3 Å². The average Bonchev–Trinajstić information content (AvgIpc) is 3.81. The molecule has 2 unspecified atom stereocenters. The van der Waals surface area contributed by atoms with E-state index in [-0.39, 0.29) is 53.6 Å². The lowest BCUT2D eigenvalue weighted by Gasteiger charge is -2.32. The number of carbonyl (C=O) groups excluding carboxylic acids is 1. The summed E-state index contributed by atoms with van der Waals surface area (Å²) in [5.41, 5.74) is -1.70. The van der Waals surface area contributed by atoms with Gasteiger partial charge in [-0.1, -0.05) is 18.5 Å². The van der Waals surface area contributed by atoms with Crippen molar-refractivity contribution in [2.24, 2.45) is 5.92 Å². The second-order valence-electron chi connectivity index (χ2n) is 12.8. The number of nitrogens with one attached hydrogen (secondary N) is 1. The van der Waals surface area contributed by atoms with Crippen LogP contribution in [0.15, 0.2) is 49.2 Å². The minimum atomic E-state index is -5.00. The molecule has 6 rings (SSSR count). The molecule has 278 valence electrons. The number of aromatic amines is 1. The molecule has 52 heavy (non-hydrogen) atoms. The number of nitrogens with zero attached hydrogens (tertiary/aromatic N) is 8. The lowest BCUT2D eigenvalue weighted by molar-refractivity contribution is -0.148. The number of halogens is 7. The molecule has 5 heterocycles. The molecule has 2 saturated heterocycles. The smallest absolute Gasteiger partial charge is 0.416 e. The second-order valence-corrected chi connectivity index (χ2v) is 13.2. The zero-order valence-electron chi connectivity index (χ0n) is 28.3. The highest BCUT2D eigenvalue weighted by atomic mass is 35.5. The molecular weight excluding hydrogens is 716 g/mol. The van der Waals surface area contributed by atoms with Crippen molar-refractivity contribution in [2.75, 3.05) is 40.9 Å². The van der Waals surface area contributed by atoms with Crippen molar-refractivity contribution in [2.45, 2.75) is 70.5 Å². The maximum Gasteiger partial charge on any atom is 0.416 e. The van der Waals surface area contributed by atoms with Crippen LogP contribution in [0, 0.1) is 5.92 Å². The first kappa shape index (κ1) is 37.1. The number of ether oxygens (including phenoxy) is 1. The van der Waals surface area contributed by atoms with E-state index in [0.29, 0.717) is 68.3 Å². The summed E-state index contributed by atoms with van der Waals surface area (Å²) in [5.74, 6) is 0.566. The first-order valence-corrected chi connectivity index (χ1v) is 17.2. The van der Waals surface area contributed by atoms with Crippen LogP contribution < -0.4 is 14.7 Å². The molecule has 0 bridgehead atoms. The number of hydrogen-bond acceptors (Lipinski definition) is 10. The predicted molar refractivity (Wildman–Crippen MR) is 181 cm³/mol. The fourth-order valence-corrected chi connectivity index (χ4v) is 6.94. The Balaban J connectivity index is 1.32. The van der Waals surface area contributed by atoms with E-state index in [1.165, 1.54) is 18.6 Å². The van der Waals surface area contributed by atoms with E-state index in [9.17, 15) is 31.1 Å².